The van der Waals surface area contributed by atoms with Crippen molar-refractivity contribution in [2.75, 3.05) is 0 Å². The molecule has 65 heavy (non-hydrogen) atoms. The molecule has 0 spiro atoms. The number of fused-ring (bicyclic) bond motifs is 2. The van der Waals surface area contributed by atoms with E-state index in [-0.39, 0.29) is 0 Å². The van der Waals surface area contributed by atoms with Gasteiger partial charge in [-0.1, -0.05) is 177 Å². The normalized spacial score (nSPS) is 11.8. The fourth-order valence-electron chi connectivity index (χ4n) is 8.48. The summed E-state index contributed by atoms with van der Waals surface area (Å²) in [6.07, 6.45) is 1.87. The van der Waals surface area contributed by atoms with Crippen LogP contribution in [0.1, 0.15) is 5.56 Å². The first-order valence-corrected chi connectivity index (χ1v) is 21.5. The van der Waals surface area contributed by atoms with Gasteiger partial charge in [-0.15, -0.1) is 0 Å². The average molecular weight is 834 g/mol. The van der Waals surface area contributed by atoms with Crippen LogP contribution in [0.4, 0.5) is 0 Å². The molecule has 6 heteroatoms. The van der Waals surface area contributed by atoms with Crippen LogP contribution in [-0.2, 0) is 0 Å². The maximum absolute atomic E-state index is 6.38. The van der Waals surface area contributed by atoms with Crippen molar-refractivity contribution >= 4 is 34.0 Å². The highest BCUT2D eigenvalue weighted by molar-refractivity contribution is 5.97. The van der Waals surface area contributed by atoms with E-state index in [1.54, 1.807) is 0 Å². The van der Waals surface area contributed by atoms with Gasteiger partial charge in [-0.25, -0.2) is 24.9 Å². The fraction of sp³-hybridized carbons (Fsp3) is 0. The second kappa shape index (κ2) is 16.8. The molecule has 0 aliphatic carbocycles. The number of rotatable bonds is 9. The molecule has 0 saturated heterocycles. The van der Waals surface area contributed by atoms with Gasteiger partial charge < -0.3 is 4.42 Å². The van der Waals surface area contributed by atoms with Gasteiger partial charge in [-0.05, 0) is 81.9 Å². The van der Waals surface area contributed by atoms with E-state index in [1.807, 2.05) is 109 Å². The predicted molar refractivity (Wildman–Crippen MR) is 265 cm³/mol. The Morgan fingerprint density at radius 2 is 0.862 bits per heavy atom. The van der Waals surface area contributed by atoms with E-state index < -0.39 is 0 Å². The summed E-state index contributed by atoms with van der Waals surface area (Å²) in [6.45, 7) is 8.71. The first kappa shape index (κ1) is 39.0. The molecular formula is C59H39N5O. The highest BCUT2D eigenvalue weighted by Crippen LogP contribution is 2.35. The minimum absolute atomic E-state index is 0.526. The number of allylic oxidation sites excluding steroid dienone is 1. The van der Waals surface area contributed by atoms with E-state index in [2.05, 4.69) is 116 Å². The molecule has 0 aliphatic heterocycles. The van der Waals surface area contributed by atoms with E-state index >= 15 is 0 Å². The zero-order valence-electron chi connectivity index (χ0n) is 35.3. The average Bonchev–Trinajstić information content (AvgIpc) is 3.71. The Morgan fingerprint density at radius 1 is 0.385 bits per heavy atom. The lowest BCUT2D eigenvalue weighted by Crippen LogP contribution is -2.21. The molecule has 0 saturated carbocycles. The monoisotopic (exact) mass is 833 g/mol. The second-order valence-corrected chi connectivity index (χ2v) is 15.8. The molecule has 0 atom stereocenters. The van der Waals surface area contributed by atoms with E-state index in [4.69, 9.17) is 29.3 Å². The molecule has 0 radical (unpaired) electrons. The summed E-state index contributed by atoms with van der Waals surface area (Å²) in [5, 5.41) is 2.62. The largest absolute Gasteiger partial charge is 0.457 e. The standard InChI is InChI=1S/C59H39N5O/c1-3-49(44-29-31-52-50(36-44)55(41-23-13-6-14-24-41)61-56(60-52)42-25-15-7-16-26-42)54-38(2)65-53-32-30-45(37-51(53)54)58-62-57(43-27-17-8-18-28-43)63-59(64-58)48-34-46(39-19-9-4-10-20-39)33-47(35-48)40-21-11-5-12-22-40/h3-37H,1-2H2/b54-49-. The molecule has 0 amide bonds. The SMILES string of the molecule is C=C/C(c1ccc2nc(-c3ccccc3)nc(-c3ccccc3)c2c1)=c1\c(=C)oc2ccc(-c3nc(-c4ccccc4)nc(-c4cc(-c5ccccc5)cc(-c5ccccc5)c4)n3)cc12. The van der Waals surface area contributed by atoms with E-state index in [9.17, 15) is 0 Å². The topological polar surface area (TPSA) is 77.6 Å². The van der Waals surface area contributed by atoms with Crippen LogP contribution in [-0.4, -0.2) is 24.9 Å². The lowest BCUT2D eigenvalue weighted by atomic mass is 9.96. The van der Waals surface area contributed by atoms with Crippen LogP contribution >= 0.6 is 0 Å². The van der Waals surface area contributed by atoms with Gasteiger partial charge in [0.1, 0.15) is 11.0 Å². The Hall–Kier alpha value is -8.87. The van der Waals surface area contributed by atoms with Crippen molar-refractivity contribution in [2.24, 2.45) is 0 Å². The van der Waals surface area contributed by atoms with Crippen LogP contribution < -0.4 is 10.6 Å². The van der Waals surface area contributed by atoms with Crippen molar-refractivity contribution in [3.8, 4) is 79.1 Å². The van der Waals surface area contributed by atoms with Crippen molar-refractivity contribution in [3.63, 3.8) is 0 Å². The highest BCUT2D eigenvalue weighted by Gasteiger charge is 2.18. The van der Waals surface area contributed by atoms with Crippen molar-refractivity contribution in [1.29, 1.82) is 0 Å². The second-order valence-electron chi connectivity index (χ2n) is 15.8. The Morgan fingerprint density at radius 3 is 1.42 bits per heavy atom. The Bertz CT molecular complexity index is 3610. The highest BCUT2D eigenvalue weighted by atomic mass is 16.3. The summed E-state index contributed by atoms with van der Waals surface area (Å²) in [6, 6.07) is 70.0. The molecule has 3 aromatic heterocycles. The van der Waals surface area contributed by atoms with Gasteiger partial charge >= 0.3 is 0 Å². The minimum atomic E-state index is 0.526. The molecular weight excluding hydrogens is 795 g/mol. The third kappa shape index (κ3) is 7.60. The quantitative estimate of drug-likeness (QED) is 0.144. The van der Waals surface area contributed by atoms with Crippen molar-refractivity contribution in [1.82, 2.24) is 24.9 Å². The van der Waals surface area contributed by atoms with Crippen LogP contribution in [0.15, 0.2) is 223 Å². The number of furan rings is 1. The van der Waals surface area contributed by atoms with E-state index in [0.29, 0.717) is 34.3 Å². The number of hydrogen-bond acceptors (Lipinski definition) is 6. The van der Waals surface area contributed by atoms with Gasteiger partial charge in [0.05, 0.1) is 11.2 Å². The van der Waals surface area contributed by atoms with Crippen LogP contribution in [0, 0.1) is 0 Å². The van der Waals surface area contributed by atoms with Crippen LogP contribution in [0.3, 0.4) is 0 Å². The summed E-state index contributed by atoms with van der Waals surface area (Å²) in [5.74, 6) is 2.34. The maximum Gasteiger partial charge on any atom is 0.164 e. The predicted octanol–water partition coefficient (Wildman–Crippen LogP) is 13.0. The van der Waals surface area contributed by atoms with Gasteiger partial charge in [0.2, 0.25) is 0 Å². The molecule has 0 bridgehead atoms. The van der Waals surface area contributed by atoms with Crippen molar-refractivity contribution < 1.29 is 4.42 Å². The molecule has 8 aromatic carbocycles. The Kier molecular flexibility index (Phi) is 10.1. The molecule has 11 aromatic rings. The van der Waals surface area contributed by atoms with Crippen LogP contribution in [0.25, 0.3) is 113 Å². The summed E-state index contributed by atoms with van der Waals surface area (Å²) in [4.78, 5) is 25.7. The molecule has 306 valence electrons. The molecule has 0 aliphatic rings. The van der Waals surface area contributed by atoms with Crippen molar-refractivity contribution in [3.05, 3.63) is 235 Å². The van der Waals surface area contributed by atoms with Gasteiger partial charge in [-0.2, -0.15) is 0 Å². The number of benzene rings is 8. The smallest absolute Gasteiger partial charge is 0.164 e. The van der Waals surface area contributed by atoms with Crippen LogP contribution in [0.5, 0.6) is 0 Å². The molecule has 0 N–H and O–H groups in total. The van der Waals surface area contributed by atoms with Crippen LogP contribution in [0.2, 0.25) is 0 Å². The molecule has 3 heterocycles. The summed E-state index contributed by atoms with van der Waals surface area (Å²) in [7, 11) is 0. The fourth-order valence-corrected chi connectivity index (χ4v) is 8.48. The maximum atomic E-state index is 6.38. The number of nitrogens with zero attached hydrogens (tertiary/aromatic N) is 5. The van der Waals surface area contributed by atoms with E-state index in [0.717, 1.165) is 88.4 Å². The zero-order chi connectivity index (χ0) is 43.7. The summed E-state index contributed by atoms with van der Waals surface area (Å²) < 4.78 is 6.38. The number of hydrogen-bond donors (Lipinski definition) is 0. The lowest BCUT2D eigenvalue weighted by Gasteiger charge is -2.12. The molecule has 0 unspecified atom stereocenters. The first-order chi connectivity index (χ1) is 32.1. The molecule has 0 fully saturated rings. The molecule has 6 nitrogen and oxygen atoms in total. The van der Waals surface area contributed by atoms with E-state index in [1.165, 1.54) is 0 Å². The van der Waals surface area contributed by atoms with Gasteiger partial charge in [0, 0.05) is 43.8 Å². The van der Waals surface area contributed by atoms with Gasteiger partial charge in [0.15, 0.2) is 23.3 Å². The van der Waals surface area contributed by atoms with Gasteiger partial charge in [-0.3, -0.25) is 0 Å². The lowest BCUT2D eigenvalue weighted by molar-refractivity contribution is 0.577. The first-order valence-electron chi connectivity index (χ1n) is 21.5. The summed E-state index contributed by atoms with van der Waals surface area (Å²) in [5.41, 5.74) is 13.6. The third-order valence-corrected chi connectivity index (χ3v) is 11.7. The third-order valence-electron chi connectivity index (χ3n) is 11.7. The zero-order valence-corrected chi connectivity index (χ0v) is 35.3. The minimum Gasteiger partial charge on any atom is -0.457 e. The summed E-state index contributed by atoms with van der Waals surface area (Å²) >= 11 is 0. The van der Waals surface area contributed by atoms with Gasteiger partial charge in [0.25, 0.3) is 0 Å². The molecule has 11 rings (SSSR count). The Labute approximate surface area is 376 Å². The number of aromatic nitrogens is 5. The Balaban J connectivity index is 1.09. The van der Waals surface area contributed by atoms with Crippen molar-refractivity contribution in [2.45, 2.75) is 0 Å².